The standard InChI is InChI=1S/C16H16O2S/c1-13-7-5-6-10-15(13)16(17)12-19(18)11-14-8-3-2-4-9-14/h2-10H,11-12H2,1H3. The van der Waals surface area contributed by atoms with Crippen LogP contribution in [0.15, 0.2) is 54.6 Å². The topological polar surface area (TPSA) is 34.1 Å². The number of hydrogen-bond acceptors (Lipinski definition) is 2. The van der Waals surface area contributed by atoms with E-state index in [2.05, 4.69) is 0 Å². The molecule has 1 atom stereocenters. The van der Waals surface area contributed by atoms with Crippen molar-refractivity contribution in [2.24, 2.45) is 0 Å². The lowest BCUT2D eigenvalue weighted by molar-refractivity contribution is 0.102. The lowest BCUT2D eigenvalue weighted by Gasteiger charge is -2.05. The SMILES string of the molecule is Cc1ccccc1C(=O)CS(=O)Cc1ccccc1. The van der Waals surface area contributed by atoms with E-state index < -0.39 is 10.8 Å². The van der Waals surface area contributed by atoms with Gasteiger partial charge in [0.05, 0.1) is 5.75 Å². The quantitative estimate of drug-likeness (QED) is 0.784. The van der Waals surface area contributed by atoms with Gasteiger partial charge in [0.2, 0.25) is 0 Å². The summed E-state index contributed by atoms with van der Waals surface area (Å²) in [7, 11) is -1.16. The minimum absolute atomic E-state index is 0.0487. The molecule has 2 aromatic rings. The molecule has 2 aromatic carbocycles. The second-order valence-electron chi connectivity index (χ2n) is 4.45. The van der Waals surface area contributed by atoms with Gasteiger partial charge < -0.3 is 0 Å². The van der Waals surface area contributed by atoms with E-state index in [4.69, 9.17) is 0 Å². The first-order valence-electron chi connectivity index (χ1n) is 6.14. The summed E-state index contributed by atoms with van der Waals surface area (Å²) in [5.74, 6) is 0.463. The molecular weight excluding hydrogens is 256 g/mol. The average molecular weight is 272 g/mol. The van der Waals surface area contributed by atoms with Gasteiger partial charge in [0.15, 0.2) is 5.78 Å². The van der Waals surface area contributed by atoms with Crippen LogP contribution in [0.2, 0.25) is 0 Å². The Hall–Kier alpha value is -1.74. The first-order valence-corrected chi connectivity index (χ1v) is 7.63. The number of ketones is 1. The van der Waals surface area contributed by atoms with Crippen LogP contribution in [0.5, 0.6) is 0 Å². The van der Waals surface area contributed by atoms with Crippen molar-refractivity contribution in [1.29, 1.82) is 0 Å². The van der Waals surface area contributed by atoms with E-state index in [1.165, 1.54) is 0 Å². The van der Waals surface area contributed by atoms with Crippen LogP contribution in [0.4, 0.5) is 0 Å². The third-order valence-electron chi connectivity index (χ3n) is 2.91. The zero-order chi connectivity index (χ0) is 13.7. The highest BCUT2D eigenvalue weighted by atomic mass is 32.2. The van der Waals surface area contributed by atoms with Crippen LogP contribution >= 0.6 is 0 Å². The Morgan fingerprint density at radius 1 is 1.00 bits per heavy atom. The molecule has 0 saturated heterocycles. The van der Waals surface area contributed by atoms with Crippen molar-refractivity contribution in [3.05, 3.63) is 71.3 Å². The molecule has 2 nitrogen and oxygen atoms in total. The maximum atomic E-state index is 12.1. The number of aryl methyl sites for hydroxylation is 1. The van der Waals surface area contributed by atoms with Crippen LogP contribution in [0.25, 0.3) is 0 Å². The molecule has 1 unspecified atom stereocenters. The van der Waals surface area contributed by atoms with Gasteiger partial charge in [-0.25, -0.2) is 0 Å². The number of Topliss-reactive ketones (excluding diaryl/α,β-unsaturated/α-hetero) is 1. The number of rotatable bonds is 5. The summed E-state index contributed by atoms with van der Waals surface area (Å²) in [6, 6.07) is 17.0. The Bertz CT molecular complexity index is 591. The molecule has 2 rings (SSSR count). The normalized spacial score (nSPS) is 12.1. The zero-order valence-corrected chi connectivity index (χ0v) is 11.7. The summed E-state index contributed by atoms with van der Waals surface area (Å²) < 4.78 is 12.0. The molecule has 0 aliphatic rings. The second-order valence-corrected chi connectivity index (χ2v) is 5.91. The van der Waals surface area contributed by atoms with Gasteiger partial charge in [0.1, 0.15) is 0 Å². The summed E-state index contributed by atoms with van der Waals surface area (Å²) in [5.41, 5.74) is 2.60. The van der Waals surface area contributed by atoms with Gasteiger partial charge in [-0.2, -0.15) is 0 Å². The predicted molar refractivity (Wildman–Crippen MR) is 78.7 cm³/mol. The first kappa shape index (κ1) is 13.7. The van der Waals surface area contributed by atoms with Crippen molar-refractivity contribution in [1.82, 2.24) is 0 Å². The molecule has 0 aliphatic carbocycles. The van der Waals surface area contributed by atoms with Gasteiger partial charge in [-0.1, -0.05) is 54.6 Å². The smallest absolute Gasteiger partial charge is 0.175 e. The van der Waals surface area contributed by atoms with Gasteiger partial charge in [-0.3, -0.25) is 9.00 Å². The maximum Gasteiger partial charge on any atom is 0.175 e. The van der Waals surface area contributed by atoms with Crippen LogP contribution < -0.4 is 0 Å². The Morgan fingerprint density at radius 2 is 1.63 bits per heavy atom. The Morgan fingerprint density at radius 3 is 2.32 bits per heavy atom. The number of benzene rings is 2. The fourth-order valence-corrected chi connectivity index (χ4v) is 3.04. The number of carbonyl (C=O) groups excluding carboxylic acids is 1. The zero-order valence-electron chi connectivity index (χ0n) is 10.8. The van der Waals surface area contributed by atoms with E-state index in [1.807, 2.05) is 55.5 Å². The van der Waals surface area contributed by atoms with Crippen molar-refractivity contribution in [3.63, 3.8) is 0 Å². The van der Waals surface area contributed by atoms with Crippen LogP contribution in [-0.2, 0) is 16.6 Å². The molecule has 98 valence electrons. The van der Waals surface area contributed by atoms with Crippen LogP contribution in [0, 0.1) is 6.92 Å². The summed E-state index contributed by atoms with van der Waals surface area (Å²) in [4.78, 5) is 12.1. The summed E-state index contributed by atoms with van der Waals surface area (Å²) in [6.07, 6.45) is 0. The monoisotopic (exact) mass is 272 g/mol. The van der Waals surface area contributed by atoms with E-state index in [-0.39, 0.29) is 11.5 Å². The third-order valence-corrected chi connectivity index (χ3v) is 4.15. The van der Waals surface area contributed by atoms with Crippen molar-refractivity contribution in [2.75, 3.05) is 5.75 Å². The van der Waals surface area contributed by atoms with Crippen LogP contribution in [0.3, 0.4) is 0 Å². The van der Waals surface area contributed by atoms with E-state index in [1.54, 1.807) is 6.07 Å². The van der Waals surface area contributed by atoms with Crippen molar-refractivity contribution in [3.8, 4) is 0 Å². The molecule has 0 fully saturated rings. The van der Waals surface area contributed by atoms with E-state index >= 15 is 0 Å². The van der Waals surface area contributed by atoms with E-state index in [0.717, 1.165) is 11.1 Å². The molecule has 0 heterocycles. The van der Waals surface area contributed by atoms with Crippen molar-refractivity contribution < 1.29 is 9.00 Å². The van der Waals surface area contributed by atoms with Crippen molar-refractivity contribution in [2.45, 2.75) is 12.7 Å². The summed E-state index contributed by atoms with van der Waals surface area (Å²) in [5, 5.41) is 0. The molecule has 3 heteroatoms. The number of hydrogen-bond donors (Lipinski definition) is 0. The average Bonchev–Trinajstić information content (AvgIpc) is 2.40. The largest absolute Gasteiger partial charge is 0.293 e. The molecule has 0 spiro atoms. The highest BCUT2D eigenvalue weighted by Crippen LogP contribution is 2.10. The Kier molecular flexibility index (Phi) is 4.63. The Balaban J connectivity index is 2.00. The van der Waals surface area contributed by atoms with Gasteiger partial charge in [-0.05, 0) is 18.1 Å². The van der Waals surface area contributed by atoms with Crippen LogP contribution in [-0.4, -0.2) is 15.7 Å². The minimum Gasteiger partial charge on any atom is -0.293 e. The maximum absolute atomic E-state index is 12.1. The highest BCUT2D eigenvalue weighted by molar-refractivity contribution is 7.85. The predicted octanol–water partition coefficient (Wildman–Crippen LogP) is 3.13. The molecule has 0 amide bonds. The fraction of sp³-hybridized carbons (Fsp3) is 0.188. The fourth-order valence-electron chi connectivity index (χ4n) is 1.92. The number of carbonyl (C=O) groups is 1. The molecular formula is C16H16O2S. The van der Waals surface area contributed by atoms with Gasteiger partial charge in [0, 0.05) is 22.1 Å². The molecule has 19 heavy (non-hydrogen) atoms. The van der Waals surface area contributed by atoms with Crippen molar-refractivity contribution >= 4 is 16.6 Å². The lowest BCUT2D eigenvalue weighted by Crippen LogP contribution is -2.13. The third kappa shape index (κ3) is 3.86. The summed E-state index contributed by atoms with van der Waals surface area (Å²) >= 11 is 0. The second kappa shape index (κ2) is 6.43. The van der Waals surface area contributed by atoms with E-state index in [0.29, 0.717) is 11.3 Å². The van der Waals surface area contributed by atoms with E-state index in [9.17, 15) is 9.00 Å². The van der Waals surface area contributed by atoms with Gasteiger partial charge in [-0.15, -0.1) is 0 Å². The minimum atomic E-state index is -1.16. The van der Waals surface area contributed by atoms with Gasteiger partial charge >= 0.3 is 0 Å². The lowest BCUT2D eigenvalue weighted by atomic mass is 10.1. The molecule has 0 aromatic heterocycles. The molecule has 0 aliphatic heterocycles. The summed E-state index contributed by atoms with van der Waals surface area (Å²) in [6.45, 7) is 1.90. The van der Waals surface area contributed by atoms with Crippen LogP contribution in [0.1, 0.15) is 21.5 Å². The molecule has 0 saturated carbocycles. The molecule has 0 N–H and O–H groups in total. The molecule has 0 bridgehead atoms. The highest BCUT2D eigenvalue weighted by Gasteiger charge is 2.12. The molecule has 0 radical (unpaired) electrons. The Labute approximate surface area is 115 Å². The van der Waals surface area contributed by atoms with Gasteiger partial charge in [0.25, 0.3) is 0 Å². The first-order chi connectivity index (χ1) is 9.16.